The van der Waals surface area contributed by atoms with E-state index < -0.39 is 23.5 Å². The van der Waals surface area contributed by atoms with Crippen LogP contribution in [0.15, 0.2) is 41.4 Å². The summed E-state index contributed by atoms with van der Waals surface area (Å²) in [7, 11) is 2.69. The molecule has 0 radical (unpaired) electrons. The summed E-state index contributed by atoms with van der Waals surface area (Å²) >= 11 is 0.898. The average Bonchev–Trinajstić information content (AvgIpc) is 2.98. The van der Waals surface area contributed by atoms with E-state index in [-0.39, 0.29) is 27.1 Å². The van der Waals surface area contributed by atoms with E-state index >= 15 is 0 Å². The Kier molecular flexibility index (Phi) is 5.31. The fourth-order valence-electron chi connectivity index (χ4n) is 2.44. The summed E-state index contributed by atoms with van der Waals surface area (Å²) in [5.41, 5.74) is 0.262. The number of nitrogens with zero attached hydrogens (tertiary/aromatic N) is 2. The van der Waals surface area contributed by atoms with Crippen LogP contribution in [0.2, 0.25) is 0 Å². The van der Waals surface area contributed by atoms with Crippen molar-refractivity contribution in [3.63, 3.8) is 0 Å². The molecular weight excluding hydrogens is 378 g/mol. The number of fused-ring (bicyclic) bond motifs is 1. The van der Waals surface area contributed by atoms with E-state index in [0.717, 1.165) is 17.4 Å². The summed E-state index contributed by atoms with van der Waals surface area (Å²) in [4.78, 5) is 28.2. The third kappa shape index (κ3) is 3.87. The minimum Gasteiger partial charge on any atom is -0.497 e. The van der Waals surface area contributed by atoms with Crippen molar-refractivity contribution >= 4 is 33.4 Å². The molecule has 0 atom stereocenters. The van der Waals surface area contributed by atoms with E-state index in [0.29, 0.717) is 11.8 Å². The van der Waals surface area contributed by atoms with Crippen molar-refractivity contribution in [1.29, 1.82) is 0 Å². The number of rotatable bonds is 4. The molecule has 0 saturated heterocycles. The molecule has 0 unspecified atom stereocenters. The van der Waals surface area contributed by atoms with Crippen molar-refractivity contribution in [2.24, 2.45) is 4.99 Å². The third-order valence-corrected chi connectivity index (χ3v) is 4.77. The number of aromatic nitrogens is 1. The van der Waals surface area contributed by atoms with Gasteiger partial charge in [-0.1, -0.05) is 11.3 Å². The minimum atomic E-state index is -0.858. The molecule has 140 valence electrons. The van der Waals surface area contributed by atoms with Gasteiger partial charge in [-0.25, -0.2) is 8.78 Å². The molecule has 27 heavy (non-hydrogen) atoms. The normalized spacial score (nSPS) is 11.6. The highest BCUT2D eigenvalue weighted by Crippen LogP contribution is 2.22. The van der Waals surface area contributed by atoms with Crippen molar-refractivity contribution in [3.05, 3.63) is 58.4 Å². The van der Waals surface area contributed by atoms with Gasteiger partial charge in [-0.05, 0) is 30.3 Å². The average molecular weight is 392 g/mol. The highest BCUT2D eigenvalue weighted by molar-refractivity contribution is 7.16. The van der Waals surface area contributed by atoms with Gasteiger partial charge in [-0.3, -0.25) is 9.59 Å². The number of methoxy groups -OCH3 is 2. The van der Waals surface area contributed by atoms with Gasteiger partial charge in [-0.2, -0.15) is 4.99 Å². The molecule has 0 bridgehead atoms. The van der Waals surface area contributed by atoms with Gasteiger partial charge in [0.2, 0.25) is 0 Å². The fourth-order valence-corrected chi connectivity index (χ4v) is 3.51. The van der Waals surface area contributed by atoms with Crippen molar-refractivity contribution < 1.29 is 27.8 Å². The summed E-state index contributed by atoms with van der Waals surface area (Å²) in [6.07, 6.45) is 0. The quantitative estimate of drug-likeness (QED) is 0.640. The fraction of sp³-hybridized carbons (Fsp3) is 0.167. The zero-order chi connectivity index (χ0) is 19.6. The van der Waals surface area contributed by atoms with E-state index in [2.05, 4.69) is 9.73 Å². The molecule has 0 aliphatic heterocycles. The lowest BCUT2D eigenvalue weighted by molar-refractivity contribution is -0.141. The van der Waals surface area contributed by atoms with Crippen molar-refractivity contribution in [2.75, 3.05) is 14.2 Å². The van der Waals surface area contributed by atoms with Crippen LogP contribution in [0, 0.1) is 11.6 Å². The Labute approximate surface area is 156 Å². The molecule has 9 heteroatoms. The Balaban J connectivity index is 2.14. The Hall–Kier alpha value is -3.07. The van der Waals surface area contributed by atoms with Crippen LogP contribution in [0.4, 0.5) is 8.78 Å². The van der Waals surface area contributed by atoms with E-state index in [1.54, 1.807) is 12.1 Å². The van der Waals surface area contributed by atoms with E-state index in [1.807, 2.05) is 0 Å². The van der Waals surface area contributed by atoms with Gasteiger partial charge in [0.05, 0.1) is 24.4 Å². The van der Waals surface area contributed by atoms with Gasteiger partial charge in [0.25, 0.3) is 5.91 Å². The van der Waals surface area contributed by atoms with E-state index in [4.69, 9.17) is 4.74 Å². The molecule has 0 spiro atoms. The van der Waals surface area contributed by atoms with Gasteiger partial charge >= 0.3 is 5.97 Å². The lowest BCUT2D eigenvalue weighted by Crippen LogP contribution is -2.22. The van der Waals surface area contributed by atoms with Crippen molar-refractivity contribution in [1.82, 2.24) is 4.57 Å². The number of esters is 1. The lowest BCUT2D eigenvalue weighted by atomic mass is 10.2. The maximum Gasteiger partial charge on any atom is 0.325 e. The van der Waals surface area contributed by atoms with Gasteiger partial charge in [-0.15, -0.1) is 0 Å². The molecule has 3 rings (SSSR count). The predicted molar refractivity (Wildman–Crippen MR) is 94.6 cm³/mol. The van der Waals surface area contributed by atoms with Gasteiger partial charge < -0.3 is 14.0 Å². The summed E-state index contributed by atoms with van der Waals surface area (Å²) in [5.74, 6) is -2.30. The number of carbonyl (C=O) groups is 2. The summed E-state index contributed by atoms with van der Waals surface area (Å²) in [5, 5.41) is 0. The van der Waals surface area contributed by atoms with Crippen LogP contribution in [-0.4, -0.2) is 30.7 Å². The standard InChI is InChI=1S/C18H14F2N2O4S/c1-25-12-5-3-10(4-6-12)17(24)21-18-22(9-15(23)26-2)16-13(20)7-11(19)8-14(16)27-18/h3-8H,9H2,1-2H3. The third-order valence-electron chi connectivity index (χ3n) is 3.74. The first-order valence-electron chi connectivity index (χ1n) is 7.71. The second-order valence-corrected chi connectivity index (χ2v) is 6.44. The molecule has 0 aliphatic rings. The highest BCUT2D eigenvalue weighted by atomic mass is 32.1. The number of thiazole rings is 1. The van der Waals surface area contributed by atoms with Crippen LogP contribution < -0.4 is 9.54 Å². The van der Waals surface area contributed by atoms with Crippen molar-refractivity contribution in [3.8, 4) is 5.75 Å². The van der Waals surface area contributed by atoms with Crippen LogP contribution >= 0.6 is 11.3 Å². The monoisotopic (exact) mass is 392 g/mol. The zero-order valence-electron chi connectivity index (χ0n) is 14.4. The Bertz CT molecular complexity index is 1090. The second-order valence-electron chi connectivity index (χ2n) is 5.43. The Morgan fingerprint density at radius 2 is 1.85 bits per heavy atom. The number of benzene rings is 2. The van der Waals surface area contributed by atoms with Crippen LogP contribution in [0.1, 0.15) is 10.4 Å². The molecule has 6 nitrogen and oxygen atoms in total. The van der Waals surface area contributed by atoms with Crippen LogP contribution in [0.5, 0.6) is 5.75 Å². The summed E-state index contributed by atoms with van der Waals surface area (Å²) in [6.45, 7) is -0.367. The smallest absolute Gasteiger partial charge is 0.325 e. The van der Waals surface area contributed by atoms with E-state index in [1.165, 1.54) is 30.9 Å². The lowest BCUT2D eigenvalue weighted by Gasteiger charge is -2.04. The Morgan fingerprint density at radius 1 is 1.15 bits per heavy atom. The predicted octanol–water partition coefficient (Wildman–Crippen LogP) is 2.90. The Morgan fingerprint density at radius 3 is 2.48 bits per heavy atom. The van der Waals surface area contributed by atoms with Gasteiger partial charge in [0.15, 0.2) is 10.6 Å². The van der Waals surface area contributed by atoms with Crippen LogP contribution in [0.3, 0.4) is 0 Å². The molecule has 3 aromatic rings. The first-order chi connectivity index (χ1) is 12.9. The minimum absolute atomic E-state index is 0.0203. The van der Waals surface area contributed by atoms with E-state index in [9.17, 15) is 18.4 Å². The number of hydrogen-bond acceptors (Lipinski definition) is 5. The van der Waals surface area contributed by atoms with Crippen LogP contribution in [-0.2, 0) is 16.1 Å². The molecule has 1 heterocycles. The molecular formula is C18H14F2N2O4S. The second kappa shape index (κ2) is 7.67. The molecule has 0 aliphatic carbocycles. The van der Waals surface area contributed by atoms with Gasteiger partial charge in [0, 0.05) is 11.6 Å². The summed E-state index contributed by atoms with van der Waals surface area (Å²) < 4.78 is 38.9. The maximum absolute atomic E-state index is 14.3. The maximum atomic E-state index is 14.3. The topological polar surface area (TPSA) is 69.9 Å². The molecule has 0 saturated carbocycles. The molecule has 2 aromatic carbocycles. The highest BCUT2D eigenvalue weighted by Gasteiger charge is 2.16. The first kappa shape index (κ1) is 18.7. The number of amides is 1. The molecule has 1 amide bonds. The van der Waals surface area contributed by atoms with Crippen LogP contribution in [0.25, 0.3) is 10.2 Å². The number of carbonyl (C=O) groups excluding carboxylic acids is 2. The first-order valence-corrected chi connectivity index (χ1v) is 8.53. The zero-order valence-corrected chi connectivity index (χ0v) is 15.2. The molecule has 0 fully saturated rings. The molecule has 0 N–H and O–H groups in total. The number of ether oxygens (including phenoxy) is 2. The number of halogens is 2. The summed E-state index contributed by atoms with van der Waals surface area (Å²) in [6, 6.07) is 8.09. The van der Waals surface area contributed by atoms with Crippen molar-refractivity contribution in [2.45, 2.75) is 6.54 Å². The molecule has 1 aromatic heterocycles. The number of hydrogen-bond donors (Lipinski definition) is 0. The van der Waals surface area contributed by atoms with Gasteiger partial charge in [0.1, 0.15) is 18.1 Å². The largest absolute Gasteiger partial charge is 0.497 e. The SMILES string of the molecule is COC(=O)Cn1c(=NC(=O)c2ccc(OC)cc2)sc2cc(F)cc(F)c21.